The van der Waals surface area contributed by atoms with E-state index in [2.05, 4.69) is 22.0 Å². The van der Waals surface area contributed by atoms with Crippen molar-refractivity contribution >= 4 is 63.7 Å². The molecule has 0 atom stereocenters. The van der Waals surface area contributed by atoms with Gasteiger partial charge >= 0.3 is 6.03 Å². The van der Waals surface area contributed by atoms with Crippen LogP contribution < -0.4 is 10.2 Å². The standard InChI is InChI=1S/C37H33Cl2N3O3/c1-21-30(29-4-2-3-5-33(29)41(21)20-25-6-9-27(38)15-32(25)39)16-31-34(43)40-36(45)42(35(31)44)28-10-7-26(8-11-28)37-17-22-12-23(18-37)14-24(13-22)19-37/h2-11,15-16,22-24H,12-14,17-20H2,1H3,(H,40,43,45)/b31-16+. The summed E-state index contributed by atoms with van der Waals surface area (Å²) in [5, 5.41) is 4.41. The molecule has 5 aliphatic rings. The Kier molecular flexibility index (Phi) is 6.74. The third-order valence-corrected chi connectivity index (χ3v) is 11.4. The van der Waals surface area contributed by atoms with Crippen LogP contribution in [0.1, 0.15) is 60.9 Å². The van der Waals surface area contributed by atoms with Crippen molar-refractivity contribution in [2.24, 2.45) is 17.8 Å². The topological polar surface area (TPSA) is 71.4 Å². The predicted octanol–water partition coefficient (Wildman–Crippen LogP) is 8.44. The molecule has 1 aliphatic heterocycles. The number of aromatic nitrogens is 1. The number of carbonyl (C=O) groups is 3. The third kappa shape index (κ3) is 4.72. The van der Waals surface area contributed by atoms with Gasteiger partial charge in [-0.2, -0.15) is 0 Å². The predicted molar refractivity (Wildman–Crippen MR) is 178 cm³/mol. The highest BCUT2D eigenvalue weighted by Gasteiger charge is 2.51. The fourth-order valence-electron chi connectivity index (χ4n) is 9.13. The van der Waals surface area contributed by atoms with Gasteiger partial charge in [0.1, 0.15) is 5.57 Å². The summed E-state index contributed by atoms with van der Waals surface area (Å²) in [6, 6.07) is 20.5. The van der Waals surface area contributed by atoms with Crippen molar-refractivity contribution in [1.29, 1.82) is 0 Å². The second kappa shape index (κ2) is 10.6. The molecule has 1 N–H and O–H groups in total. The molecule has 45 heavy (non-hydrogen) atoms. The van der Waals surface area contributed by atoms with Crippen LogP contribution in [0.15, 0.2) is 72.3 Å². The first-order chi connectivity index (χ1) is 21.7. The van der Waals surface area contributed by atoms with Crippen LogP contribution in [0.2, 0.25) is 10.0 Å². The van der Waals surface area contributed by atoms with E-state index in [1.807, 2.05) is 49.4 Å². The summed E-state index contributed by atoms with van der Waals surface area (Å²) < 4.78 is 2.11. The number of nitrogens with one attached hydrogen (secondary N) is 1. The smallest absolute Gasteiger partial charge is 0.335 e. The van der Waals surface area contributed by atoms with Crippen molar-refractivity contribution in [3.05, 3.63) is 105 Å². The summed E-state index contributed by atoms with van der Waals surface area (Å²) in [7, 11) is 0. The van der Waals surface area contributed by atoms with Crippen LogP contribution in [0, 0.1) is 24.7 Å². The number of hydrogen-bond acceptors (Lipinski definition) is 3. The lowest BCUT2D eigenvalue weighted by Crippen LogP contribution is -2.54. The number of halogens is 2. The zero-order chi connectivity index (χ0) is 31.0. The highest BCUT2D eigenvalue weighted by Crippen LogP contribution is 2.60. The van der Waals surface area contributed by atoms with Crippen molar-refractivity contribution in [3.63, 3.8) is 0 Å². The van der Waals surface area contributed by atoms with E-state index in [-0.39, 0.29) is 11.0 Å². The number of para-hydroxylation sites is 1. The summed E-state index contributed by atoms with van der Waals surface area (Å²) in [5.74, 6) is 1.12. The number of imide groups is 2. The number of carbonyl (C=O) groups excluding carboxylic acids is 3. The van der Waals surface area contributed by atoms with Crippen LogP contribution in [0.4, 0.5) is 10.5 Å². The molecule has 3 aromatic carbocycles. The minimum atomic E-state index is -0.735. The SMILES string of the molecule is Cc1c(/C=C2\C(=O)NC(=O)N(c3ccc(C45CC6CC(CC(C6)C4)C5)cc3)C2=O)c2ccccc2n1Cc1ccc(Cl)cc1Cl. The Bertz CT molecular complexity index is 1900. The van der Waals surface area contributed by atoms with Gasteiger partial charge in [-0.1, -0.05) is 59.6 Å². The van der Waals surface area contributed by atoms with E-state index in [1.165, 1.54) is 44.1 Å². The van der Waals surface area contributed by atoms with Crippen molar-refractivity contribution in [1.82, 2.24) is 9.88 Å². The lowest BCUT2D eigenvalue weighted by atomic mass is 9.48. The largest absolute Gasteiger partial charge is 0.340 e. The maximum atomic E-state index is 13.9. The molecule has 6 nitrogen and oxygen atoms in total. The minimum absolute atomic E-state index is 0.0877. The second-order valence-corrected chi connectivity index (χ2v) is 14.4. The Morgan fingerprint density at radius 3 is 2.22 bits per heavy atom. The number of urea groups is 1. The molecule has 4 amide bonds. The molecule has 0 spiro atoms. The van der Waals surface area contributed by atoms with E-state index in [1.54, 1.807) is 18.2 Å². The molecule has 5 fully saturated rings. The first-order valence-corrected chi connectivity index (χ1v) is 16.5. The molecule has 4 saturated carbocycles. The molecule has 0 unspecified atom stereocenters. The number of amides is 4. The maximum absolute atomic E-state index is 13.9. The summed E-state index contributed by atoms with van der Waals surface area (Å²) in [6.07, 6.45) is 9.43. The highest BCUT2D eigenvalue weighted by atomic mass is 35.5. The molecule has 228 valence electrons. The molecule has 1 saturated heterocycles. The summed E-state index contributed by atoms with van der Waals surface area (Å²) in [6.45, 7) is 2.43. The van der Waals surface area contributed by atoms with Gasteiger partial charge in [0.15, 0.2) is 0 Å². The molecular formula is C37H33Cl2N3O3. The number of nitrogens with zero attached hydrogens (tertiary/aromatic N) is 2. The van der Waals surface area contributed by atoms with E-state index in [0.29, 0.717) is 22.3 Å². The van der Waals surface area contributed by atoms with Crippen molar-refractivity contribution in [2.75, 3.05) is 4.90 Å². The fraction of sp³-hybridized carbons (Fsp3) is 0.324. The Morgan fingerprint density at radius 1 is 0.889 bits per heavy atom. The number of rotatable bonds is 5. The maximum Gasteiger partial charge on any atom is 0.335 e. The fourth-order valence-corrected chi connectivity index (χ4v) is 9.60. The van der Waals surface area contributed by atoms with Gasteiger partial charge in [0.25, 0.3) is 11.8 Å². The zero-order valence-corrected chi connectivity index (χ0v) is 26.5. The monoisotopic (exact) mass is 637 g/mol. The van der Waals surface area contributed by atoms with Gasteiger partial charge in [0, 0.05) is 38.8 Å². The van der Waals surface area contributed by atoms with Crippen LogP contribution in [-0.4, -0.2) is 22.4 Å². The van der Waals surface area contributed by atoms with Crippen LogP contribution in [0.5, 0.6) is 0 Å². The first-order valence-electron chi connectivity index (χ1n) is 15.7. The first kappa shape index (κ1) is 28.6. The van der Waals surface area contributed by atoms with Gasteiger partial charge in [-0.25, -0.2) is 9.69 Å². The van der Waals surface area contributed by atoms with Crippen LogP contribution in [0.3, 0.4) is 0 Å². The lowest BCUT2D eigenvalue weighted by molar-refractivity contribution is -0.122. The van der Waals surface area contributed by atoms with E-state index in [0.717, 1.165) is 50.4 Å². The number of hydrogen-bond donors (Lipinski definition) is 1. The van der Waals surface area contributed by atoms with E-state index in [4.69, 9.17) is 23.2 Å². The number of benzene rings is 3. The van der Waals surface area contributed by atoms with Crippen molar-refractivity contribution < 1.29 is 14.4 Å². The lowest BCUT2D eigenvalue weighted by Gasteiger charge is -2.57. The molecule has 0 radical (unpaired) electrons. The van der Waals surface area contributed by atoms with Gasteiger partial charge in [-0.05, 0) is 116 Å². The van der Waals surface area contributed by atoms with E-state index < -0.39 is 17.8 Å². The van der Waals surface area contributed by atoms with Crippen molar-refractivity contribution in [3.8, 4) is 0 Å². The van der Waals surface area contributed by atoms with Crippen molar-refractivity contribution in [2.45, 2.75) is 57.4 Å². The molecule has 1 aromatic heterocycles. The minimum Gasteiger partial charge on any atom is -0.340 e. The molecule has 9 rings (SSSR count). The van der Waals surface area contributed by atoms with Crippen LogP contribution in [0.25, 0.3) is 17.0 Å². The molecular weight excluding hydrogens is 605 g/mol. The molecule has 4 aromatic rings. The number of anilines is 1. The Labute approximate surface area is 272 Å². The van der Waals surface area contributed by atoms with E-state index in [9.17, 15) is 14.4 Å². The summed E-state index contributed by atoms with van der Waals surface area (Å²) in [4.78, 5) is 41.2. The van der Waals surface area contributed by atoms with Gasteiger partial charge < -0.3 is 4.57 Å². The summed E-state index contributed by atoms with van der Waals surface area (Å²) in [5.41, 5.74) is 5.32. The molecule has 2 heterocycles. The third-order valence-electron chi connectivity index (χ3n) is 10.8. The molecule has 4 aliphatic carbocycles. The van der Waals surface area contributed by atoms with E-state index >= 15 is 0 Å². The normalized spacial score (nSPS) is 26.7. The van der Waals surface area contributed by atoms with Gasteiger partial charge in [0.05, 0.1) is 5.69 Å². The Hall–Kier alpha value is -3.87. The Balaban J connectivity index is 1.13. The molecule has 4 bridgehead atoms. The molecule has 8 heteroatoms. The highest BCUT2D eigenvalue weighted by molar-refractivity contribution is 6.39. The second-order valence-electron chi connectivity index (χ2n) is 13.5. The quantitative estimate of drug-likeness (QED) is 0.176. The van der Waals surface area contributed by atoms with Crippen LogP contribution in [-0.2, 0) is 21.5 Å². The number of fused-ring (bicyclic) bond motifs is 1. The average Bonchev–Trinajstić information content (AvgIpc) is 3.26. The van der Waals surface area contributed by atoms with Gasteiger partial charge in [-0.3, -0.25) is 14.9 Å². The number of barbiturate groups is 1. The Morgan fingerprint density at radius 2 is 1.56 bits per heavy atom. The van der Waals surface area contributed by atoms with Gasteiger partial charge in [0.2, 0.25) is 0 Å². The van der Waals surface area contributed by atoms with Gasteiger partial charge in [-0.15, -0.1) is 0 Å². The zero-order valence-electron chi connectivity index (χ0n) is 25.0. The average molecular weight is 639 g/mol. The van der Waals surface area contributed by atoms with Crippen LogP contribution >= 0.6 is 23.2 Å². The summed E-state index contributed by atoms with van der Waals surface area (Å²) >= 11 is 12.6.